The highest BCUT2D eigenvalue weighted by atomic mass is 35.5. The van der Waals surface area contributed by atoms with Gasteiger partial charge < -0.3 is 10.6 Å². The molecule has 2 aliphatic heterocycles. The predicted octanol–water partition coefficient (Wildman–Crippen LogP) is 3.21. The number of halogens is 2. The fourth-order valence-electron chi connectivity index (χ4n) is 4.13. The molecular formula is C22H30Cl2N4O. The van der Waals surface area contributed by atoms with Gasteiger partial charge in [0.15, 0.2) is 0 Å². The third-order valence-electron chi connectivity index (χ3n) is 5.66. The first-order valence-electron chi connectivity index (χ1n) is 9.87. The molecule has 0 radical (unpaired) electrons. The molecule has 1 saturated heterocycles. The third-order valence-corrected chi connectivity index (χ3v) is 5.66. The number of piperazine rings is 1. The number of fused-ring (bicyclic) bond motifs is 1. The van der Waals surface area contributed by atoms with E-state index >= 15 is 0 Å². The van der Waals surface area contributed by atoms with Gasteiger partial charge in [-0.1, -0.05) is 36.4 Å². The molecule has 7 heteroatoms. The van der Waals surface area contributed by atoms with Gasteiger partial charge in [0.1, 0.15) is 0 Å². The number of carbonyl (C=O) groups is 1. The topological polar surface area (TPSA) is 52.8 Å². The lowest BCUT2D eigenvalue weighted by atomic mass is 10.00. The Morgan fingerprint density at radius 3 is 2.28 bits per heavy atom. The number of rotatable bonds is 4. The molecule has 0 saturated carbocycles. The Morgan fingerprint density at radius 2 is 1.55 bits per heavy atom. The first-order valence-corrected chi connectivity index (χ1v) is 9.87. The van der Waals surface area contributed by atoms with Gasteiger partial charge in [-0.3, -0.25) is 14.6 Å². The lowest BCUT2D eigenvalue weighted by Crippen LogP contribution is -2.50. The lowest BCUT2D eigenvalue weighted by molar-refractivity contribution is -0.120. The summed E-state index contributed by atoms with van der Waals surface area (Å²) in [6, 6.07) is 16.5. The Labute approximate surface area is 185 Å². The molecule has 0 unspecified atom stereocenters. The lowest BCUT2D eigenvalue weighted by Gasteiger charge is -2.36. The monoisotopic (exact) mass is 436 g/mol. The second-order valence-electron chi connectivity index (χ2n) is 7.53. The first kappa shape index (κ1) is 23.5. The number of nitrogens with two attached hydrogens (primary N) is 1. The van der Waals surface area contributed by atoms with Crippen molar-refractivity contribution in [3.05, 3.63) is 59.7 Å². The number of amides is 1. The van der Waals surface area contributed by atoms with Crippen molar-refractivity contribution in [1.82, 2.24) is 9.80 Å². The highest BCUT2D eigenvalue weighted by molar-refractivity contribution is 5.96. The molecule has 0 atom stereocenters. The van der Waals surface area contributed by atoms with Crippen LogP contribution in [-0.2, 0) is 17.8 Å². The summed E-state index contributed by atoms with van der Waals surface area (Å²) < 4.78 is 0. The summed E-state index contributed by atoms with van der Waals surface area (Å²) in [6.07, 6.45) is 1.95. The molecule has 0 aromatic heterocycles. The van der Waals surface area contributed by atoms with Crippen LogP contribution in [0.25, 0.3) is 0 Å². The SMILES string of the molecule is Cl.Cl.Nc1cccc2c1CCCN2C(=O)CN1CCN(Cc2ccccc2)CC1. The van der Waals surface area contributed by atoms with Crippen LogP contribution in [0.4, 0.5) is 11.4 Å². The molecule has 158 valence electrons. The number of nitrogens with zero attached hydrogens (tertiary/aromatic N) is 3. The zero-order valence-electron chi connectivity index (χ0n) is 16.6. The van der Waals surface area contributed by atoms with Crippen molar-refractivity contribution in [3.63, 3.8) is 0 Å². The number of carbonyl (C=O) groups excluding carboxylic acids is 1. The van der Waals surface area contributed by atoms with Gasteiger partial charge in [0.2, 0.25) is 5.91 Å². The highest BCUT2D eigenvalue weighted by Crippen LogP contribution is 2.31. The largest absolute Gasteiger partial charge is 0.398 e. The fraction of sp³-hybridized carbons (Fsp3) is 0.409. The van der Waals surface area contributed by atoms with Gasteiger partial charge in [0, 0.05) is 50.6 Å². The van der Waals surface area contributed by atoms with Crippen LogP contribution in [0.1, 0.15) is 17.5 Å². The van der Waals surface area contributed by atoms with E-state index in [9.17, 15) is 4.79 Å². The van der Waals surface area contributed by atoms with Crippen molar-refractivity contribution in [2.45, 2.75) is 19.4 Å². The van der Waals surface area contributed by atoms with E-state index in [2.05, 4.69) is 40.1 Å². The van der Waals surface area contributed by atoms with Crippen molar-refractivity contribution in [1.29, 1.82) is 0 Å². The van der Waals surface area contributed by atoms with Crippen molar-refractivity contribution in [2.24, 2.45) is 0 Å². The van der Waals surface area contributed by atoms with Crippen LogP contribution in [0.3, 0.4) is 0 Å². The second kappa shape index (κ2) is 10.8. The van der Waals surface area contributed by atoms with Crippen molar-refractivity contribution >= 4 is 42.1 Å². The van der Waals surface area contributed by atoms with Crippen molar-refractivity contribution in [3.8, 4) is 0 Å². The molecular weight excluding hydrogens is 407 g/mol. The molecule has 29 heavy (non-hydrogen) atoms. The second-order valence-corrected chi connectivity index (χ2v) is 7.53. The number of benzene rings is 2. The molecule has 2 heterocycles. The van der Waals surface area contributed by atoms with Gasteiger partial charge in [0.05, 0.1) is 6.54 Å². The number of nitrogen functional groups attached to an aromatic ring is 1. The summed E-state index contributed by atoms with van der Waals surface area (Å²) in [5, 5.41) is 0. The Kier molecular flexibility index (Phi) is 8.78. The quantitative estimate of drug-likeness (QED) is 0.747. The predicted molar refractivity (Wildman–Crippen MR) is 124 cm³/mol. The number of anilines is 2. The van der Waals surface area contributed by atoms with Crippen LogP contribution in [0.5, 0.6) is 0 Å². The molecule has 2 N–H and O–H groups in total. The van der Waals surface area contributed by atoms with E-state index in [1.807, 2.05) is 23.1 Å². The minimum Gasteiger partial charge on any atom is -0.398 e. The zero-order chi connectivity index (χ0) is 18.6. The summed E-state index contributed by atoms with van der Waals surface area (Å²) in [6.45, 7) is 6.17. The molecule has 4 rings (SSSR count). The van der Waals surface area contributed by atoms with E-state index < -0.39 is 0 Å². The Morgan fingerprint density at radius 1 is 0.862 bits per heavy atom. The molecule has 5 nitrogen and oxygen atoms in total. The molecule has 2 aromatic carbocycles. The Balaban J connectivity index is 0.00000150. The van der Waals surface area contributed by atoms with Crippen LogP contribution in [-0.4, -0.2) is 55.0 Å². The van der Waals surface area contributed by atoms with E-state index in [4.69, 9.17) is 5.73 Å². The molecule has 1 amide bonds. The molecule has 2 aromatic rings. The Hall–Kier alpha value is -1.79. The molecule has 0 spiro atoms. The van der Waals surface area contributed by atoms with Crippen LogP contribution < -0.4 is 10.6 Å². The van der Waals surface area contributed by atoms with Crippen LogP contribution in [0.2, 0.25) is 0 Å². The van der Waals surface area contributed by atoms with E-state index in [1.54, 1.807) is 0 Å². The van der Waals surface area contributed by atoms with Gasteiger partial charge in [-0.05, 0) is 36.1 Å². The summed E-state index contributed by atoms with van der Waals surface area (Å²) in [5.74, 6) is 0.193. The van der Waals surface area contributed by atoms with Gasteiger partial charge >= 0.3 is 0 Å². The average molecular weight is 437 g/mol. The maximum absolute atomic E-state index is 12.9. The molecule has 2 aliphatic rings. The number of hydrogen-bond donors (Lipinski definition) is 1. The van der Waals surface area contributed by atoms with Gasteiger partial charge in [-0.25, -0.2) is 0 Å². The van der Waals surface area contributed by atoms with E-state index in [0.29, 0.717) is 6.54 Å². The summed E-state index contributed by atoms with van der Waals surface area (Å²) in [5.41, 5.74) is 10.4. The summed E-state index contributed by atoms with van der Waals surface area (Å²) >= 11 is 0. The smallest absolute Gasteiger partial charge is 0.241 e. The Bertz CT molecular complexity index is 795. The summed E-state index contributed by atoms with van der Waals surface area (Å²) in [4.78, 5) is 19.6. The molecule has 0 aliphatic carbocycles. The maximum atomic E-state index is 12.9. The van der Waals surface area contributed by atoms with Crippen LogP contribution >= 0.6 is 24.8 Å². The summed E-state index contributed by atoms with van der Waals surface area (Å²) in [7, 11) is 0. The average Bonchev–Trinajstić information content (AvgIpc) is 2.70. The van der Waals surface area contributed by atoms with Gasteiger partial charge in [-0.15, -0.1) is 24.8 Å². The zero-order valence-corrected chi connectivity index (χ0v) is 18.3. The van der Waals surface area contributed by atoms with Crippen LogP contribution in [0, 0.1) is 0 Å². The number of hydrogen-bond acceptors (Lipinski definition) is 4. The fourth-order valence-corrected chi connectivity index (χ4v) is 4.13. The molecule has 1 fully saturated rings. The van der Waals surface area contributed by atoms with Gasteiger partial charge in [-0.2, -0.15) is 0 Å². The highest BCUT2D eigenvalue weighted by Gasteiger charge is 2.26. The van der Waals surface area contributed by atoms with Crippen LogP contribution in [0.15, 0.2) is 48.5 Å². The molecule has 0 bridgehead atoms. The minimum atomic E-state index is 0. The van der Waals surface area contributed by atoms with E-state index in [1.165, 1.54) is 5.56 Å². The first-order chi connectivity index (χ1) is 13.2. The third kappa shape index (κ3) is 5.64. The van der Waals surface area contributed by atoms with E-state index in [-0.39, 0.29) is 30.7 Å². The van der Waals surface area contributed by atoms with Crippen molar-refractivity contribution in [2.75, 3.05) is 49.9 Å². The van der Waals surface area contributed by atoms with Gasteiger partial charge in [0.25, 0.3) is 0 Å². The maximum Gasteiger partial charge on any atom is 0.241 e. The minimum absolute atomic E-state index is 0. The van der Waals surface area contributed by atoms with Crippen molar-refractivity contribution < 1.29 is 4.79 Å². The van der Waals surface area contributed by atoms with E-state index in [0.717, 1.165) is 69.0 Å². The normalized spacial score (nSPS) is 17.0. The standard InChI is InChI=1S/C22H28N4O.2ClH/c23-20-9-4-10-21-19(20)8-5-11-26(21)22(27)17-25-14-12-24(13-15-25)16-18-6-2-1-3-7-18;;/h1-4,6-7,9-10H,5,8,11-17,23H2;2*1H.